The van der Waals surface area contributed by atoms with E-state index in [0.29, 0.717) is 33.5 Å². The molecule has 0 bridgehead atoms. The Labute approximate surface area is 156 Å². The van der Waals surface area contributed by atoms with Gasteiger partial charge in [-0.15, -0.1) is 0 Å². The molecular formula is C19H19ClN4O2. The van der Waals surface area contributed by atoms with Crippen LogP contribution >= 0.6 is 11.6 Å². The Kier molecular flexibility index (Phi) is 4.07. The topological polar surface area (TPSA) is 70.2 Å². The number of amidine groups is 1. The molecular weight excluding hydrogens is 352 g/mol. The van der Waals surface area contributed by atoms with Crippen molar-refractivity contribution < 1.29 is 9.21 Å². The molecule has 1 aromatic carbocycles. The third kappa shape index (κ3) is 2.61. The number of carbonyl (C=O) groups excluding carboxylic acids is 1. The third-order valence-electron chi connectivity index (χ3n) is 4.80. The van der Waals surface area contributed by atoms with Crippen LogP contribution in [-0.2, 0) is 0 Å². The van der Waals surface area contributed by atoms with E-state index < -0.39 is 0 Å². The number of anilines is 1. The lowest BCUT2D eigenvalue weighted by Crippen LogP contribution is -2.31. The molecule has 1 amide bonds. The average Bonchev–Trinajstić information content (AvgIpc) is 3.18. The Morgan fingerprint density at radius 1 is 1.42 bits per heavy atom. The molecule has 0 radical (unpaired) electrons. The van der Waals surface area contributed by atoms with E-state index in [1.165, 1.54) is 0 Å². The Bertz CT molecular complexity index is 961. The quantitative estimate of drug-likeness (QED) is 0.874. The number of hydrogen-bond donors (Lipinski definition) is 1. The zero-order valence-corrected chi connectivity index (χ0v) is 15.6. The second-order valence-electron chi connectivity index (χ2n) is 6.49. The number of nitrogens with one attached hydrogen (secondary N) is 1. The van der Waals surface area contributed by atoms with Crippen LogP contribution in [0.1, 0.15) is 40.6 Å². The fraction of sp³-hybridized carbons (Fsp3) is 0.316. The number of carbonyl (C=O) groups is 1. The summed E-state index contributed by atoms with van der Waals surface area (Å²) in [6, 6.07) is 5.62. The van der Waals surface area contributed by atoms with Gasteiger partial charge in [0, 0.05) is 17.3 Å². The first-order valence-electron chi connectivity index (χ1n) is 8.58. The number of fused-ring (bicyclic) bond motifs is 3. The second kappa shape index (κ2) is 6.29. The number of nitrogens with zero attached hydrogens (tertiary/aromatic N) is 3. The Hall–Kier alpha value is -2.60. The van der Waals surface area contributed by atoms with E-state index in [-0.39, 0.29) is 11.9 Å². The first kappa shape index (κ1) is 16.8. The maximum absolute atomic E-state index is 13.0. The van der Waals surface area contributed by atoms with Crippen molar-refractivity contribution in [2.75, 3.05) is 11.9 Å². The molecule has 0 saturated heterocycles. The fourth-order valence-corrected chi connectivity index (χ4v) is 3.46. The summed E-state index contributed by atoms with van der Waals surface area (Å²) in [7, 11) is 0. The number of furan rings is 1. The van der Waals surface area contributed by atoms with Crippen molar-refractivity contribution in [3.05, 3.63) is 45.7 Å². The molecule has 4 rings (SSSR count). The number of aryl methyl sites for hydroxylation is 1. The van der Waals surface area contributed by atoms with Crippen molar-refractivity contribution in [1.82, 2.24) is 4.90 Å². The maximum Gasteiger partial charge on any atom is 0.260 e. The molecule has 1 N–H and O–H groups in total. The number of benzene rings is 1. The summed E-state index contributed by atoms with van der Waals surface area (Å²) < 4.78 is 5.73. The second-order valence-corrected chi connectivity index (χ2v) is 6.90. The molecule has 0 fully saturated rings. The van der Waals surface area contributed by atoms with Gasteiger partial charge in [-0.2, -0.15) is 0 Å². The van der Waals surface area contributed by atoms with E-state index in [1.807, 2.05) is 24.0 Å². The molecule has 1 atom stereocenters. The summed E-state index contributed by atoms with van der Waals surface area (Å²) in [4.78, 5) is 24.1. The van der Waals surface area contributed by atoms with Gasteiger partial charge in [0.15, 0.2) is 0 Å². The summed E-state index contributed by atoms with van der Waals surface area (Å²) in [5, 5.41) is 3.55. The van der Waals surface area contributed by atoms with Crippen LogP contribution in [0.2, 0.25) is 5.02 Å². The molecule has 0 aliphatic carbocycles. The van der Waals surface area contributed by atoms with Crippen molar-refractivity contribution in [2.45, 2.75) is 33.2 Å². The van der Waals surface area contributed by atoms with Gasteiger partial charge in [-0.25, -0.2) is 4.99 Å². The summed E-state index contributed by atoms with van der Waals surface area (Å²) in [5.74, 6) is 1.46. The standard InChI is InChI=1S/C19H19ClN4O2/c1-4-12-8-24-9-21-19-16(17(24)22-12)15(11(3)26-19)18(25)23-14-7-5-6-13(20)10(14)2/h5-7,9,12H,4,8H2,1-3H3,(H,23,25)/t12-/m0/s1. The van der Waals surface area contributed by atoms with Crippen LogP contribution in [0.25, 0.3) is 0 Å². The van der Waals surface area contributed by atoms with Gasteiger partial charge in [0.25, 0.3) is 5.91 Å². The fourth-order valence-electron chi connectivity index (χ4n) is 3.28. The number of rotatable bonds is 3. The summed E-state index contributed by atoms with van der Waals surface area (Å²) in [5.41, 5.74) is 2.63. The Balaban J connectivity index is 1.75. The van der Waals surface area contributed by atoms with Crippen LogP contribution in [0.3, 0.4) is 0 Å². The van der Waals surface area contributed by atoms with E-state index in [4.69, 9.17) is 21.0 Å². The number of hydrogen-bond acceptors (Lipinski definition) is 5. The monoisotopic (exact) mass is 370 g/mol. The van der Waals surface area contributed by atoms with E-state index in [1.54, 1.807) is 19.3 Å². The van der Waals surface area contributed by atoms with Gasteiger partial charge in [0.1, 0.15) is 17.9 Å². The Morgan fingerprint density at radius 3 is 3.00 bits per heavy atom. The highest BCUT2D eigenvalue weighted by atomic mass is 35.5. The lowest BCUT2D eigenvalue weighted by Gasteiger charge is -2.18. The summed E-state index contributed by atoms with van der Waals surface area (Å²) in [6.07, 6.45) is 2.66. The van der Waals surface area contributed by atoms with Crippen molar-refractivity contribution in [2.24, 2.45) is 9.98 Å². The molecule has 0 unspecified atom stereocenters. The maximum atomic E-state index is 13.0. The highest BCUT2D eigenvalue weighted by Crippen LogP contribution is 2.36. The number of amides is 1. The van der Waals surface area contributed by atoms with Crippen molar-refractivity contribution >= 4 is 41.3 Å². The van der Waals surface area contributed by atoms with E-state index >= 15 is 0 Å². The zero-order valence-electron chi connectivity index (χ0n) is 14.8. The minimum Gasteiger partial charge on any atom is -0.442 e. The molecule has 7 heteroatoms. The lowest BCUT2D eigenvalue weighted by atomic mass is 10.1. The average molecular weight is 371 g/mol. The van der Waals surface area contributed by atoms with Crippen LogP contribution in [0.5, 0.6) is 0 Å². The first-order chi connectivity index (χ1) is 12.5. The predicted octanol–water partition coefficient (Wildman–Crippen LogP) is 4.32. The van der Waals surface area contributed by atoms with Gasteiger partial charge in [0.2, 0.25) is 5.88 Å². The molecule has 1 aromatic heterocycles. The van der Waals surface area contributed by atoms with Crippen LogP contribution in [0.15, 0.2) is 32.6 Å². The van der Waals surface area contributed by atoms with Crippen LogP contribution in [0, 0.1) is 13.8 Å². The van der Waals surface area contributed by atoms with Gasteiger partial charge in [0.05, 0.1) is 17.2 Å². The highest BCUT2D eigenvalue weighted by Gasteiger charge is 2.36. The molecule has 6 nitrogen and oxygen atoms in total. The molecule has 2 aliphatic heterocycles. The first-order valence-corrected chi connectivity index (χ1v) is 8.96. The summed E-state index contributed by atoms with van der Waals surface area (Å²) >= 11 is 6.16. The number of halogens is 1. The summed E-state index contributed by atoms with van der Waals surface area (Å²) in [6.45, 7) is 6.51. The predicted molar refractivity (Wildman–Crippen MR) is 103 cm³/mol. The molecule has 3 heterocycles. The van der Waals surface area contributed by atoms with Crippen LogP contribution < -0.4 is 5.32 Å². The van der Waals surface area contributed by atoms with Gasteiger partial charge in [-0.05, 0) is 38.0 Å². The van der Waals surface area contributed by atoms with Crippen LogP contribution in [0.4, 0.5) is 11.6 Å². The lowest BCUT2D eigenvalue weighted by molar-refractivity contribution is 0.102. The minimum atomic E-state index is -0.252. The molecule has 2 aliphatic rings. The van der Waals surface area contributed by atoms with Crippen molar-refractivity contribution in [1.29, 1.82) is 0 Å². The van der Waals surface area contributed by atoms with Gasteiger partial charge >= 0.3 is 0 Å². The van der Waals surface area contributed by atoms with Gasteiger partial charge in [-0.1, -0.05) is 24.6 Å². The highest BCUT2D eigenvalue weighted by molar-refractivity contribution is 6.32. The van der Waals surface area contributed by atoms with Gasteiger partial charge in [-0.3, -0.25) is 9.79 Å². The van der Waals surface area contributed by atoms with E-state index in [2.05, 4.69) is 17.2 Å². The van der Waals surface area contributed by atoms with Crippen LogP contribution in [-0.4, -0.2) is 35.6 Å². The smallest absolute Gasteiger partial charge is 0.260 e. The van der Waals surface area contributed by atoms with Gasteiger partial charge < -0.3 is 14.6 Å². The van der Waals surface area contributed by atoms with Crippen molar-refractivity contribution in [3.63, 3.8) is 0 Å². The molecule has 0 spiro atoms. The van der Waals surface area contributed by atoms with Crippen molar-refractivity contribution in [3.8, 4) is 0 Å². The van der Waals surface area contributed by atoms with E-state index in [9.17, 15) is 4.79 Å². The number of aliphatic imine (C=N–C) groups is 2. The largest absolute Gasteiger partial charge is 0.442 e. The molecule has 2 aromatic rings. The van der Waals surface area contributed by atoms with E-state index in [0.717, 1.165) is 24.4 Å². The normalized spacial score (nSPS) is 17.8. The molecule has 134 valence electrons. The third-order valence-corrected chi connectivity index (χ3v) is 5.21. The molecule has 0 saturated carbocycles. The SMILES string of the molecule is CC[C@H]1CN2C=Nc3oc(C)c(C(=O)Nc4cccc(Cl)c4C)c3C2=N1. The molecule has 26 heavy (non-hydrogen) atoms. The minimum absolute atomic E-state index is 0.198. The zero-order chi connectivity index (χ0) is 18.4. The Morgan fingerprint density at radius 2 is 2.23 bits per heavy atom.